The third kappa shape index (κ3) is 3.76. The van der Waals surface area contributed by atoms with E-state index in [1.165, 1.54) is 23.3 Å². The number of hydrogen-bond donors (Lipinski definition) is 0. The lowest BCUT2D eigenvalue weighted by molar-refractivity contribution is 0.0773. The Morgan fingerprint density at radius 3 is 2.86 bits per heavy atom. The number of halogens is 1. The van der Waals surface area contributed by atoms with E-state index < -0.39 is 0 Å². The van der Waals surface area contributed by atoms with Crippen molar-refractivity contribution in [3.63, 3.8) is 0 Å². The van der Waals surface area contributed by atoms with Crippen LogP contribution < -0.4 is 4.74 Å². The average molecular weight is 382 g/mol. The van der Waals surface area contributed by atoms with Crippen LogP contribution in [0.5, 0.6) is 5.75 Å². The molecule has 148 valence electrons. The zero-order valence-corrected chi connectivity index (χ0v) is 16.5. The highest BCUT2D eigenvalue weighted by molar-refractivity contribution is 5.94. The van der Waals surface area contributed by atoms with Gasteiger partial charge in [0.05, 0.1) is 7.11 Å². The van der Waals surface area contributed by atoms with E-state index in [9.17, 15) is 9.18 Å². The van der Waals surface area contributed by atoms with E-state index in [0.29, 0.717) is 24.1 Å². The SMILES string of the molecule is COc1ccc(C)cc1CN1CCC[C@@H]2CN(C(=O)c3cccc(F)c3)C[C@@H]21. The fourth-order valence-corrected chi connectivity index (χ4v) is 4.69. The molecule has 2 aliphatic heterocycles. The first kappa shape index (κ1) is 18.9. The van der Waals surface area contributed by atoms with Gasteiger partial charge in [-0.15, -0.1) is 0 Å². The molecule has 0 unspecified atom stereocenters. The Labute approximate surface area is 165 Å². The van der Waals surface area contributed by atoms with Crippen molar-refractivity contribution in [1.82, 2.24) is 9.80 Å². The number of rotatable bonds is 4. The molecule has 2 saturated heterocycles. The Kier molecular flexibility index (Phi) is 5.36. The number of amides is 1. The van der Waals surface area contributed by atoms with Crippen LogP contribution in [0, 0.1) is 18.7 Å². The van der Waals surface area contributed by atoms with Crippen LogP contribution in [-0.2, 0) is 6.54 Å². The molecule has 1 amide bonds. The third-order valence-corrected chi connectivity index (χ3v) is 6.06. The molecule has 2 aromatic rings. The number of ether oxygens (including phenoxy) is 1. The average Bonchev–Trinajstić information content (AvgIpc) is 3.13. The van der Waals surface area contributed by atoms with Gasteiger partial charge in [0.1, 0.15) is 11.6 Å². The number of hydrogen-bond acceptors (Lipinski definition) is 3. The molecule has 2 atom stereocenters. The Bertz CT molecular complexity index is 869. The molecule has 2 heterocycles. The van der Waals surface area contributed by atoms with Gasteiger partial charge < -0.3 is 9.64 Å². The van der Waals surface area contributed by atoms with E-state index >= 15 is 0 Å². The fraction of sp³-hybridized carbons (Fsp3) is 0.435. The predicted molar refractivity (Wildman–Crippen MR) is 107 cm³/mol. The van der Waals surface area contributed by atoms with Gasteiger partial charge in [0, 0.05) is 36.8 Å². The molecule has 0 spiro atoms. The highest BCUT2D eigenvalue weighted by Gasteiger charge is 2.41. The van der Waals surface area contributed by atoms with Gasteiger partial charge in [0.2, 0.25) is 0 Å². The largest absolute Gasteiger partial charge is 0.496 e. The van der Waals surface area contributed by atoms with Gasteiger partial charge in [-0.1, -0.05) is 23.8 Å². The van der Waals surface area contributed by atoms with Gasteiger partial charge >= 0.3 is 0 Å². The molecular weight excluding hydrogens is 355 g/mol. The second kappa shape index (κ2) is 7.92. The Hall–Kier alpha value is -2.40. The van der Waals surface area contributed by atoms with Gasteiger partial charge in [-0.2, -0.15) is 0 Å². The Balaban J connectivity index is 1.51. The molecule has 2 aromatic carbocycles. The molecule has 4 nitrogen and oxygen atoms in total. The van der Waals surface area contributed by atoms with E-state index in [1.54, 1.807) is 19.2 Å². The Morgan fingerprint density at radius 2 is 2.07 bits per heavy atom. The zero-order valence-electron chi connectivity index (χ0n) is 16.5. The molecule has 0 saturated carbocycles. The maximum absolute atomic E-state index is 13.5. The van der Waals surface area contributed by atoms with Gasteiger partial charge in [0.25, 0.3) is 5.91 Å². The van der Waals surface area contributed by atoms with E-state index in [0.717, 1.165) is 38.2 Å². The number of carbonyl (C=O) groups excluding carboxylic acids is 1. The van der Waals surface area contributed by atoms with Crippen LogP contribution >= 0.6 is 0 Å². The first-order chi connectivity index (χ1) is 13.5. The van der Waals surface area contributed by atoms with Crippen molar-refractivity contribution in [1.29, 1.82) is 0 Å². The summed E-state index contributed by atoms with van der Waals surface area (Å²) < 4.78 is 19.1. The van der Waals surface area contributed by atoms with Crippen molar-refractivity contribution < 1.29 is 13.9 Å². The summed E-state index contributed by atoms with van der Waals surface area (Å²) in [5.41, 5.74) is 2.85. The highest BCUT2D eigenvalue weighted by atomic mass is 19.1. The molecule has 0 bridgehead atoms. The van der Waals surface area contributed by atoms with Crippen LogP contribution in [0.15, 0.2) is 42.5 Å². The molecule has 0 aliphatic carbocycles. The number of fused-ring (bicyclic) bond motifs is 1. The summed E-state index contributed by atoms with van der Waals surface area (Å²) in [4.78, 5) is 17.3. The molecule has 28 heavy (non-hydrogen) atoms. The molecule has 5 heteroatoms. The number of benzene rings is 2. The van der Waals surface area contributed by atoms with Crippen molar-refractivity contribution >= 4 is 5.91 Å². The molecule has 0 radical (unpaired) electrons. The number of likely N-dealkylation sites (tertiary alicyclic amines) is 2. The number of carbonyl (C=O) groups is 1. The standard InChI is InChI=1S/C23H27FN2O2/c1-16-8-9-22(28-2)19(11-16)14-25-10-4-6-18-13-26(15-21(18)25)23(27)17-5-3-7-20(24)12-17/h3,5,7-9,11-12,18,21H,4,6,10,13-15H2,1-2H3/t18-,21+/m1/s1. The lowest BCUT2D eigenvalue weighted by Crippen LogP contribution is -2.44. The molecular formula is C23H27FN2O2. The normalized spacial score (nSPS) is 22.2. The summed E-state index contributed by atoms with van der Waals surface area (Å²) >= 11 is 0. The van der Waals surface area contributed by atoms with Gasteiger partial charge in [0.15, 0.2) is 0 Å². The topological polar surface area (TPSA) is 32.8 Å². The summed E-state index contributed by atoms with van der Waals surface area (Å²) in [5.74, 6) is 0.957. The lowest BCUT2D eigenvalue weighted by Gasteiger charge is -2.37. The number of piperidine rings is 1. The van der Waals surface area contributed by atoms with Gasteiger partial charge in [-0.05, 0) is 56.5 Å². The molecule has 0 aromatic heterocycles. The smallest absolute Gasteiger partial charge is 0.254 e. The van der Waals surface area contributed by atoms with E-state index in [1.807, 2.05) is 11.0 Å². The van der Waals surface area contributed by atoms with Gasteiger partial charge in [-0.25, -0.2) is 4.39 Å². The van der Waals surface area contributed by atoms with Crippen molar-refractivity contribution in [3.8, 4) is 5.75 Å². The quantitative estimate of drug-likeness (QED) is 0.805. The second-order valence-corrected chi connectivity index (χ2v) is 7.98. The predicted octanol–water partition coefficient (Wildman–Crippen LogP) is 3.88. The number of methoxy groups -OCH3 is 1. The highest BCUT2D eigenvalue weighted by Crippen LogP contribution is 2.33. The monoisotopic (exact) mass is 382 g/mol. The lowest BCUT2D eigenvalue weighted by atomic mass is 9.91. The first-order valence-electron chi connectivity index (χ1n) is 9.97. The summed E-state index contributed by atoms with van der Waals surface area (Å²) in [6.45, 7) is 5.40. The fourth-order valence-electron chi connectivity index (χ4n) is 4.69. The van der Waals surface area contributed by atoms with Crippen molar-refractivity contribution in [2.45, 2.75) is 32.4 Å². The minimum atomic E-state index is -0.365. The summed E-state index contributed by atoms with van der Waals surface area (Å²) in [6.07, 6.45) is 2.27. The summed E-state index contributed by atoms with van der Waals surface area (Å²) in [7, 11) is 1.71. The molecule has 2 aliphatic rings. The second-order valence-electron chi connectivity index (χ2n) is 7.98. The molecule has 2 fully saturated rings. The van der Waals surface area contributed by atoms with E-state index in [2.05, 4.69) is 24.0 Å². The maximum atomic E-state index is 13.5. The van der Waals surface area contributed by atoms with Crippen LogP contribution in [0.2, 0.25) is 0 Å². The molecule has 4 rings (SSSR count). The van der Waals surface area contributed by atoms with Crippen LogP contribution in [0.3, 0.4) is 0 Å². The summed E-state index contributed by atoms with van der Waals surface area (Å²) in [6, 6.07) is 12.6. The van der Waals surface area contributed by atoms with Crippen LogP contribution in [0.25, 0.3) is 0 Å². The summed E-state index contributed by atoms with van der Waals surface area (Å²) in [5, 5.41) is 0. The van der Waals surface area contributed by atoms with Crippen LogP contribution in [0.1, 0.15) is 34.3 Å². The van der Waals surface area contributed by atoms with Crippen molar-refractivity contribution in [3.05, 3.63) is 65.0 Å². The minimum absolute atomic E-state index is 0.0676. The maximum Gasteiger partial charge on any atom is 0.254 e. The first-order valence-corrected chi connectivity index (χ1v) is 9.97. The van der Waals surface area contributed by atoms with E-state index in [-0.39, 0.29) is 11.7 Å². The minimum Gasteiger partial charge on any atom is -0.496 e. The Morgan fingerprint density at radius 1 is 1.21 bits per heavy atom. The van der Waals surface area contributed by atoms with Crippen molar-refractivity contribution in [2.24, 2.45) is 5.92 Å². The van der Waals surface area contributed by atoms with Gasteiger partial charge in [-0.3, -0.25) is 9.69 Å². The number of aryl methyl sites for hydroxylation is 1. The third-order valence-electron chi connectivity index (χ3n) is 6.06. The molecule has 0 N–H and O–H groups in total. The number of nitrogens with zero attached hydrogens (tertiary/aromatic N) is 2. The van der Waals surface area contributed by atoms with E-state index in [4.69, 9.17) is 4.74 Å². The van der Waals surface area contributed by atoms with Crippen LogP contribution in [-0.4, -0.2) is 48.5 Å². The van der Waals surface area contributed by atoms with Crippen molar-refractivity contribution in [2.75, 3.05) is 26.7 Å². The zero-order chi connectivity index (χ0) is 19.7. The van der Waals surface area contributed by atoms with Crippen LogP contribution in [0.4, 0.5) is 4.39 Å².